The monoisotopic (exact) mass is 308 g/mol. The molecule has 1 aliphatic heterocycles. The lowest BCUT2D eigenvalue weighted by Crippen LogP contribution is -2.41. The molecule has 0 radical (unpaired) electrons. The first-order valence-electron chi connectivity index (χ1n) is 7.09. The number of hydrogen-bond acceptors (Lipinski definition) is 3. The molecule has 1 saturated heterocycles. The van der Waals surface area contributed by atoms with Crippen LogP contribution in [0, 0.1) is 12.7 Å². The molecule has 0 unspecified atom stereocenters. The molecule has 0 aromatic heterocycles. The van der Waals surface area contributed by atoms with E-state index in [1.165, 1.54) is 12.1 Å². The summed E-state index contributed by atoms with van der Waals surface area (Å²) in [5, 5.41) is 0. The second kappa shape index (κ2) is 5.78. The van der Waals surface area contributed by atoms with E-state index < -0.39 is 7.12 Å². The molecule has 1 aromatic rings. The Morgan fingerprint density at radius 1 is 1.24 bits per heavy atom. The summed E-state index contributed by atoms with van der Waals surface area (Å²) in [6.45, 7) is 9.96. The average Bonchev–Trinajstić information content (AvgIpc) is 2.57. The van der Waals surface area contributed by atoms with Crippen molar-refractivity contribution in [2.24, 2.45) is 0 Å². The highest BCUT2D eigenvalue weighted by Crippen LogP contribution is 2.39. The van der Waals surface area contributed by atoms with E-state index in [1.807, 2.05) is 40.7 Å². The van der Waals surface area contributed by atoms with E-state index in [0.29, 0.717) is 5.75 Å². The molecule has 0 saturated carbocycles. The van der Waals surface area contributed by atoms with Gasteiger partial charge in [-0.1, -0.05) is 12.1 Å². The van der Waals surface area contributed by atoms with Crippen LogP contribution in [0.1, 0.15) is 38.8 Å². The van der Waals surface area contributed by atoms with Crippen molar-refractivity contribution in [3.63, 3.8) is 0 Å². The fraction of sp³-hybridized carbons (Fsp3) is 0.500. The van der Waals surface area contributed by atoms with Crippen LogP contribution in [0.3, 0.4) is 0 Å². The number of hydrogen-bond donors (Lipinski definition) is 1. The molecule has 21 heavy (non-hydrogen) atoms. The normalized spacial score (nSPS) is 20.9. The van der Waals surface area contributed by atoms with E-state index in [1.54, 1.807) is 6.07 Å². The molecule has 1 heterocycles. The summed E-state index contributed by atoms with van der Waals surface area (Å²) in [6, 6.07) is 4.74. The topological polar surface area (TPSA) is 18.5 Å². The molecule has 1 fully saturated rings. The quantitative estimate of drug-likeness (QED) is 0.670. The van der Waals surface area contributed by atoms with E-state index in [9.17, 15) is 4.39 Å². The molecule has 0 N–H and O–H groups in total. The van der Waals surface area contributed by atoms with Gasteiger partial charge in [-0.15, -0.1) is 0 Å². The Morgan fingerprint density at radius 2 is 1.81 bits per heavy atom. The van der Waals surface area contributed by atoms with Crippen LogP contribution in [0.4, 0.5) is 4.39 Å². The van der Waals surface area contributed by atoms with E-state index in [-0.39, 0.29) is 17.0 Å². The summed E-state index contributed by atoms with van der Waals surface area (Å²) in [6.07, 6.45) is 1.98. The summed E-state index contributed by atoms with van der Waals surface area (Å²) in [5.74, 6) is 0.292. The van der Waals surface area contributed by atoms with Gasteiger partial charge in [0.2, 0.25) is 0 Å². The number of halogens is 1. The zero-order valence-electron chi connectivity index (χ0n) is 13.2. The fourth-order valence-electron chi connectivity index (χ4n) is 2.18. The van der Waals surface area contributed by atoms with E-state index in [0.717, 1.165) is 16.6 Å². The maximum atomic E-state index is 13.2. The minimum atomic E-state index is -0.419. The molecule has 2 nitrogen and oxygen atoms in total. The van der Waals surface area contributed by atoms with Crippen molar-refractivity contribution < 1.29 is 13.7 Å². The van der Waals surface area contributed by atoms with Gasteiger partial charge < -0.3 is 9.31 Å². The highest BCUT2D eigenvalue weighted by Gasteiger charge is 2.52. The summed E-state index contributed by atoms with van der Waals surface area (Å²) >= 11 is 4.39. The van der Waals surface area contributed by atoms with E-state index in [2.05, 4.69) is 12.6 Å². The summed E-state index contributed by atoms with van der Waals surface area (Å²) in [7, 11) is -0.419. The summed E-state index contributed by atoms with van der Waals surface area (Å²) < 4.78 is 25.3. The van der Waals surface area contributed by atoms with Gasteiger partial charge in [-0.25, -0.2) is 4.39 Å². The minimum Gasteiger partial charge on any atom is -0.400 e. The first-order chi connectivity index (χ1) is 9.66. The molecular formula is C16H22BFO2S. The molecule has 1 aromatic carbocycles. The van der Waals surface area contributed by atoms with Gasteiger partial charge in [0.05, 0.1) is 11.2 Å². The number of aryl methyl sites for hydroxylation is 1. The van der Waals surface area contributed by atoms with Crippen molar-refractivity contribution in [1.82, 2.24) is 0 Å². The van der Waals surface area contributed by atoms with Crippen LogP contribution in [-0.4, -0.2) is 24.1 Å². The van der Waals surface area contributed by atoms with Gasteiger partial charge in [-0.2, -0.15) is 12.6 Å². The Bertz CT molecular complexity index is 553. The van der Waals surface area contributed by atoms with Crippen molar-refractivity contribution >= 4 is 25.8 Å². The van der Waals surface area contributed by atoms with Gasteiger partial charge in [0.15, 0.2) is 0 Å². The number of thiol groups is 1. The molecule has 0 atom stereocenters. The highest BCUT2D eigenvalue weighted by molar-refractivity contribution is 7.80. The van der Waals surface area contributed by atoms with Crippen LogP contribution in [0.15, 0.2) is 23.7 Å². The van der Waals surface area contributed by atoms with Crippen molar-refractivity contribution in [3.05, 3.63) is 40.6 Å². The molecule has 0 spiro atoms. The molecule has 5 heteroatoms. The molecular weight excluding hydrogens is 286 g/mol. The third kappa shape index (κ3) is 3.36. The van der Waals surface area contributed by atoms with Crippen molar-refractivity contribution in [1.29, 1.82) is 0 Å². The maximum Gasteiger partial charge on any atom is 0.491 e. The van der Waals surface area contributed by atoms with Crippen LogP contribution < -0.4 is 0 Å². The van der Waals surface area contributed by atoms with Crippen LogP contribution in [0.2, 0.25) is 0 Å². The number of benzene rings is 1. The van der Waals surface area contributed by atoms with E-state index >= 15 is 0 Å². The Morgan fingerprint density at radius 3 is 2.29 bits per heavy atom. The zero-order valence-corrected chi connectivity index (χ0v) is 14.1. The molecule has 114 valence electrons. The third-order valence-corrected chi connectivity index (χ3v) is 4.68. The Hall–Kier alpha value is -0.775. The van der Waals surface area contributed by atoms with Gasteiger partial charge in [-0.3, -0.25) is 0 Å². The summed E-state index contributed by atoms with van der Waals surface area (Å²) in [5.41, 5.74) is 2.02. The third-order valence-electron chi connectivity index (χ3n) is 4.31. The predicted octanol–water partition coefficient (Wildman–Crippen LogP) is 4.08. The first-order valence-corrected chi connectivity index (χ1v) is 7.72. The van der Waals surface area contributed by atoms with Crippen LogP contribution in [0.5, 0.6) is 0 Å². The second-order valence-corrected chi connectivity index (χ2v) is 6.78. The van der Waals surface area contributed by atoms with Gasteiger partial charge in [0.25, 0.3) is 0 Å². The zero-order chi connectivity index (χ0) is 15.8. The Balaban J connectivity index is 2.31. The van der Waals surface area contributed by atoms with Crippen molar-refractivity contribution in [2.75, 3.05) is 5.75 Å². The molecule has 0 aliphatic carbocycles. The van der Waals surface area contributed by atoms with Gasteiger partial charge in [0.1, 0.15) is 5.82 Å². The maximum absolute atomic E-state index is 13.2. The minimum absolute atomic E-state index is 0.229. The van der Waals surface area contributed by atoms with Crippen LogP contribution in [-0.2, 0) is 9.31 Å². The molecule has 0 bridgehead atoms. The lowest BCUT2D eigenvalue weighted by atomic mass is 9.78. The van der Waals surface area contributed by atoms with Gasteiger partial charge in [-0.05, 0) is 63.4 Å². The smallest absolute Gasteiger partial charge is 0.400 e. The van der Waals surface area contributed by atoms with Crippen LogP contribution >= 0.6 is 12.6 Å². The number of rotatable bonds is 3. The molecule has 2 rings (SSSR count). The Kier molecular flexibility index (Phi) is 4.57. The molecule has 1 aliphatic rings. The average molecular weight is 308 g/mol. The first kappa shape index (κ1) is 16.6. The van der Waals surface area contributed by atoms with Gasteiger partial charge in [0, 0.05) is 5.75 Å². The van der Waals surface area contributed by atoms with E-state index in [4.69, 9.17) is 9.31 Å². The fourth-order valence-corrected chi connectivity index (χ4v) is 2.42. The van der Waals surface area contributed by atoms with Crippen molar-refractivity contribution in [2.45, 2.75) is 45.8 Å². The Labute approximate surface area is 132 Å². The lowest BCUT2D eigenvalue weighted by molar-refractivity contribution is 0.00578. The summed E-state index contributed by atoms with van der Waals surface area (Å²) in [4.78, 5) is 0. The van der Waals surface area contributed by atoms with Crippen LogP contribution in [0.25, 0.3) is 6.08 Å². The molecule has 0 amide bonds. The lowest BCUT2D eigenvalue weighted by Gasteiger charge is -2.32. The van der Waals surface area contributed by atoms with Gasteiger partial charge >= 0.3 is 7.12 Å². The predicted molar refractivity (Wildman–Crippen MR) is 89.0 cm³/mol. The SMILES string of the molecule is Cc1cc(F)ccc1C=C(CS)B1OC(C)(C)C(C)(C)O1. The second-order valence-electron chi connectivity index (χ2n) is 6.47. The van der Waals surface area contributed by atoms with Crippen molar-refractivity contribution in [3.8, 4) is 0 Å². The highest BCUT2D eigenvalue weighted by atomic mass is 32.1. The standard InChI is InChI=1S/C16H22BFO2S/c1-11-8-14(18)7-6-12(11)9-13(10-21)17-19-15(2,3)16(4,5)20-17/h6-9,21H,10H2,1-5H3. The largest absolute Gasteiger partial charge is 0.491 e.